The maximum atomic E-state index is 13.3. The minimum atomic E-state index is -4.94. The van der Waals surface area contributed by atoms with Crippen LogP contribution in [-0.2, 0) is 31.1 Å². The van der Waals surface area contributed by atoms with Crippen LogP contribution in [0.1, 0.15) is 56.9 Å². The fraction of sp³-hybridized carbons (Fsp3) is 0.625. The minimum Gasteiger partial charge on any atom is -0.445 e. The average molecular weight is 560 g/mol. The van der Waals surface area contributed by atoms with Gasteiger partial charge in [-0.25, -0.2) is 4.79 Å². The maximum absolute atomic E-state index is 13.3. The zero-order valence-electron chi connectivity index (χ0n) is 20.4. The number of hydrogen-bond donors (Lipinski definition) is 5. The van der Waals surface area contributed by atoms with Crippen LogP contribution in [0.15, 0.2) is 24.3 Å². The van der Waals surface area contributed by atoms with Gasteiger partial charge in [0.2, 0.25) is 17.3 Å². The van der Waals surface area contributed by atoms with Crippen molar-refractivity contribution in [1.82, 2.24) is 16.0 Å². The lowest BCUT2D eigenvalue weighted by Crippen LogP contribution is -2.55. The molecule has 11 nitrogen and oxygen atoms in total. The molecule has 3 amide bonds. The first-order chi connectivity index (χ1) is 17.5. The molecule has 0 spiro atoms. The van der Waals surface area contributed by atoms with Crippen LogP contribution >= 0.6 is 11.6 Å². The van der Waals surface area contributed by atoms with Crippen molar-refractivity contribution in [2.75, 3.05) is 6.54 Å². The smallest absolute Gasteiger partial charge is 0.408 e. The number of amides is 3. The third-order valence-electron chi connectivity index (χ3n) is 6.84. The molecule has 1 aliphatic heterocycles. The lowest BCUT2D eigenvalue weighted by molar-refractivity contribution is -0.126. The van der Waals surface area contributed by atoms with E-state index in [1.54, 1.807) is 24.3 Å². The molecule has 37 heavy (non-hydrogen) atoms. The van der Waals surface area contributed by atoms with E-state index in [1.165, 1.54) is 0 Å². The van der Waals surface area contributed by atoms with Crippen LogP contribution in [0.4, 0.5) is 4.79 Å². The van der Waals surface area contributed by atoms with Crippen LogP contribution in [0, 0.1) is 11.8 Å². The lowest BCUT2D eigenvalue weighted by atomic mass is 9.84. The molecule has 0 aromatic heterocycles. The number of hydrogen-bond acceptors (Lipinski definition) is 7. The summed E-state index contributed by atoms with van der Waals surface area (Å²) >= 11 is 5.96. The Hall–Kier alpha value is -2.41. The van der Waals surface area contributed by atoms with Gasteiger partial charge in [0, 0.05) is 17.5 Å². The zero-order chi connectivity index (χ0) is 27.0. The predicted molar refractivity (Wildman–Crippen MR) is 135 cm³/mol. The van der Waals surface area contributed by atoms with Gasteiger partial charge in [0.05, 0.1) is 6.04 Å². The largest absolute Gasteiger partial charge is 0.445 e. The molecule has 0 bridgehead atoms. The summed E-state index contributed by atoms with van der Waals surface area (Å²) in [6, 6.07) is 4.22. The number of halogens is 1. The highest BCUT2D eigenvalue weighted by Gasteiger charge is 2.38. The number of rotatable bonds is 11. The molecule has 1 saturated carbocycles. The molecule has 1 aromatic rings. The van der Waals surface area contributed by atoms with Crippen molar-refractivity contribution in [3.8, 4) is 0 Å². The Kier molecular flexibility index (Phi) is 10.6. The van der Waals surface area contributed by atoms with E-state index in [2.05, 4.69) is 16.0 Å². The Balaban J connectivity index is 1.71. The second-order valence-electron chi connectivity index (χ2n) is 9.68. The van der Waals surface area contributed by atoms with Crippen molar-refractivity contribution in [3.63, 3.8) is 0 Å². The molecule has 1 aromatic carbocycles. The van der Waals surface area contributed by atoms with E-state index in [-0.39, 0.29) is 31.3 Å². The summed E-state index contributed by atoms with van der Waals surface area (Å²) < 4.78 is 38.0. The fourth-order valence-corrected chi connectivity index (χ4v) is 5.67. The van der Waals surface area contributed by atoms with E-state index in [1.807, 2.05) is 0 Å². The van der Waals surface area contributed by atoms with Gasteiger partial charge in [-0.2, -0.15) is 8.42 Å². The molecule has 1 aliphatic carbocycles. The number of carbonyl (C=O) groups excluding carboxylic acids is 3. The predicted octanol–water partition coefficient (Wildman–Crippen LogP) is 2.12. The molecule has 1 unspecified atom stereocenters. The first-order valence-electron chi connectivity index (χ1n) is 12.4. The monoisotopic (exact) mass is 559 g/mol. The van der Waals surface area contributed by atoms with Crippen molar-refractivity contribution in [3.05, 3.63) is 34.9 Å². The number of benzene rings is 1. The number of carbonyl (C=O) groups is 3. The number of aliphatic hydroxyl groups is 1. The summed E-state index contributed by atoms with van der Waals surface area (Å²) in [7, 11) is -4.94. The van der Waals surface area contributed by atoms with Gasteiger partial charge in [-0.05, 0) is 42.9 Å². The topological polar surface area (TPSA) is 171 Å². The van der Waals surface area contributed by atoms with Crippen LogP contribution in [0.3, 0.4) is 0 Å². The molecule has 1 heterocycles. The maximum Gasteiger partial charge on any atom is 0.408 e. The van der Waals surface area contributed by atoms with Crippen molar-refractivity contribution in [2.24, 2.45) is 11.8 Å². The van der Waals surface area contributed by atoms with E-state index in [4.69, 9.17) is 16.3 Å². The highest BCUT2D eigenvalue weighted by molar-refractivity contribution is 7.86. The Morgan fingerprint density at radius 1 is 1.14 bits per heavy atom. The highest BCUT2D eigenvalue weighted by Crippen LogP contribution is 2.28. The Labute approximate surface area is 221 Å². The summed E-state index contributed by atoms with van der Waals surface area (Å²) in [5, 5.41) is 18.4. The standard InChI is InChI=1S/C24H34ClN3O8S/c25-18-8-4-7-16(11-18)14-36-24(32)28-19(12-15-5-2-1-3-6-15)22(30)27-20(23(31)37(33,34)35)13-17-9-10-26-21(17)29/h4,7-8,11,15,17,19-20,23,31H,1-3,5-6,9-10,12-14H2,(H,26,29)(H,27,30)(H,28,32)(H,33,34,35)/t17-,19-,20-,23?/m0/s1. The summed E-state index contributed by atoms with van der Waals surface area (Å²) in [5.74, 6) is -1.56. The van der Waals surface area contributed by atoms with Crippen LogP contribution in [0.5, 0.6) is 0 Å². The Morgan fingerprint density at radius 3 is 2.49 bits per heavy atom. The molecule has 13 heteroatoms. The number of nitrogens with one attached hydrogen (secondary N) is 3. The van der Waals surface area contributed by atoms with E-state index in [0.717, 1.165) is 32.1 Å². The summed E-state index contributed by atoms with van der Waals surface area (Å²) in [6.45, 7) is 0.307. The Morgan fingerprint density at radius 2 is 1.86 bits per heavy atom. The molecule has 3 rings (SSSR count). The van der Waals surface area contributed by atoms with Gasteiger partial charge >= 0.3 is 6.09 Å². The molecule has 1 saturated heterocycles. The number of ether oxygens (including phenoxy) is 1. The second kappa shape index (κ2) is 13.4. The van der Waals surface area contributed by atoms with Crippen molar-refractivity contribution < 1.29 is 37.2 Å². The molecule has 4 atom stereocenters. The first-order valence-corrected chi connectivity index (χ1v) is 14.3. The van der Waals surface area contributed by atoms with Crippen LogP contribution in [-0.4, -0.2) is 60.0 Å². The average Bonchev–Trinajstić information content (AvgIpc) is 3.25. The number of alkyl carbamates (subject to hydrolysis) is 1. The van der Waals surface area contributed by atoms with Gasteiger partial charge in [0.15, 0.2) is 0 Å². The van der Waals surface area contributed by atoms with Crippen molar-refractivity contribution in [2.45, 2.75) is 75.5 Å². The highest BCUT2D eigenvalue weighted by atomic mass is 35.5. The quantitative estimate of drug-likeness (QED) is 0.256. The van der Waals surface area contributed by atoms with Gasteiger partial charge in [-0.1, -0.05) is 55.8 Å². The Bertz CT molecular complexity index is 1060. The first kappa shape index (κ1) is 29.2. The molecule has 0 radical (unpaired) electrons. The summed E-state index contributed by atoms with van der Waals surface area (Å²) in [4.78, 5) is 37.9. The van der Waals surface area contributed by atoms with Crippen LogP contribution in [0.2, 0.25) is 5.02 Å². The SMILES string of the molecule is O=C(N[C@@H](CC1CCCCC1)C(=O)N[C@@H](C[C@@H]1CCNC1=O)C(O)S(=O)(=O)O)OCc1cccc(Cl)c1. The third-order valence-corrected chi connectivity index (χ3v) is 8.01. The molecule has 206 valence electrons. The normalized spacial score (nSPS) is 20.9. The second-order valence-corrected chi connectivity index (χ2v) is 11.6. The van der Waals surface area contributed by atoms with Gasteiger partial charge in [-0.3, -0.25) is 14.1 Å². The lowest BCUT2D eigenvalue weighted by Gasteiger charge is -2.29. The van der Waals surface area contributed by atoms with Gasteiger partial charge in [-0.15, -0.1) is 0 Å². The minimum absolute atomic E-state index is 0.0783. The molecular weight excluding hydrogens is 526 g/mol. The molecule has 5 N–H and O–H groups in total. The van der Waals surface area contributed by atoms with Crippen LogP contribution in [0.25, 0.3) is 0 Å². The fourth-order valence-electron chi connectivity index (χ4n) is 4.86. The molecular formula is C24H34ClN3O8S. The van der Waals surface area contributed by atoms with E-state index >= 15 is 0 Å². The van der Waals surface area contributed by atoms with E-state index in [0.29, 0.717) is 23.6 Å². The summed E-state index contributed by atoms with van der Waals surface area (Å²) in [5.41, 5.74) is -1.68. The molecule has 2 fully saturated rings. The third kappa shape index (κ3) is 9.13. The number of aliphatic hydroxyl groups excluding tert-OH is 1. The van der Waals surface area contributed by atoms with Gasteiger partial charge in [0.1, 0.15) is 12.6 Å². The van der Waals surface area contributed by atoms with Gasteiger partial charge < -0.3 is 25.8 Å². The van der Waals surface area contributed by atoms with Crippen molar-refractivity contribution in [1.29, 1.82) is 0 Å². The zero-order valence-corrected chi connectivity index (χ0v) is 22.0. The summed E-state index contributed by atoms with van der Waals surface area (Å²) in [6.07, 6.45) is 4.48. The van der Waals surface area contributed by atoms with Gasteiger partial charge in [0.25, 0.3) is 10.1 Å². The van der Waals surface area contributed by atoms with E-state index < -0.39 is 45.6 Å². The van der Waals surface area contributed by atoms with Crippen LogP contribution < -0.4 is 16.0 Å². The molecule has 2 aliphatic rings. The van der Waals surface area contributed by atoms with Crippen molar-refractivity contribution >= 4 is 39.6 Å². The van der Waals surface area contributed by atoms with E-state index in [9.17, 15) is 32.5 Å².